The van der Waals surface area contributed by atoms with E-state index in [2.05, 4.69) is 4.85 Å². The van der Waals surface area contributed by atoms with E-state index in [1.165, 1.54) is 12.1 Å². The smallest absolute Gasteiger partial charge is 0.335 e. The van der Waals surface area contributed by atoms with Gasteiger partial charge in [0.1, 0.15) is 0 Å². The summed E-state index contributed by atoms with van der Waals surface area (Å²) in [6, 6.07) is 11.6. The first-order chi connectivity index (χ1) is 16.0. The Balaban J connectivity index is 2.10. The molecular formula is C26H22ClN3O4. The zero-order chi connectivity index (χ0) is 25.2. The van der Waals surface area contributed by atoms with E-state index < -0.39 is 17.8 Å². The Morgan fingerprint density at radius 3 is 2.32 bits per heavy atom. The zero-order valence-electron chi connectivity index (χ0n) is 19.1. The molecule has 0 atom stereocenters. The van der Waals surface area contributed by atoms with Gasteiger partial charge >= 0.3 is 5.97 Å². The molecule has 2 amide bonds. The van der Waals surface area contributed by atoms with Crippen LogP contribution in [-0.2, 0) is 9.59 Å². The lowest BCUT2D eigenvalue weighted by Crippen LogP contribution is -2.42. The molecule has 1 aliphatic rings. The number of imide groups is 1. The monoisotopic (exact) mass is 475 g/mol. The van der Waals surface area contributed by atoms with Gasteiger partial charge in [0.2, 0.25) is 0 Å². The van der Waals surface area contributed by atoms with Crippen molar-refractivity contribution in [3.8, 4) is 0 Å². The molecule has 3 rings (SSSR count). The maximum atomic E-state index is 13.4. The molecule has 0 radical (unpaired) electrons. The second-order valence-electron chi connectivity index (χ2n) is 7.93. The zero-order valence-corrected chi connectivity index (χ0v) is 19.8. The van der Waals surface area contributed by atoms with E-state index in [1.807, 2.05) is 56.3 Å². The van der Waals surface area contributed by atoms with Crippen LogP contribution in [0.15, 0.2) is 71.0 Å². The van der Waals surface area contributed by atoms with Crippen molar-refractivity contribution in [2.75, 3.05) is 23.9 Å². The molecule has 0 fully saturated rings. The first-order valence-corrected chi connectivity index (χ1v) is 10.6. The van der Waals surface area contributed by atoms with Gasteiger partial charge in [0.15, 0.2) is 0 Å². The summed E-state index contributed by atoms with van der Waals surface area (Å²) < 4.78 is 0. The van der Waals surface area contributed by atoms with Crippen molar-refractivity contribution in [1.29, 1.82) is 0 Å². The fourth-order valence-corrected chi connectivity index (χ4v) is 3.71. The van der Waals surface area contributed by atoms with Gasteiger partial charge in [0, 0.05) is 25.4 Å². The largest absolute Gasteiger partial charge is 0.478 e. The van der Waals surface area contributed by atoms with Crippen molar-refractivity contribution < 1.29 is 19.5 Å². The van der Waals surface area contributed by atoms with Crippen LogP contribution in [0, 0.1) is 6.57 Å². The third-order valence-corrected chi connectivity index (χ3v) is 5.64. The maximum Gasteiger partial charge on any atom is 0.335 e. The van der Waals surface area contributed by atoms with Crippen LogP contribution in [-0.4, -0.2) is 37.0 Å². The van der Waals surface area contributed by atoms with E-state index in [-0.39, 0.29) is 33.1 Å². The molecule has 0 aliphatic carbocycles. The van der Waals surface area contributed by atoms with E-state index in [1.54, 1.807) is 13.0 Å². The molecule has 1 N–H and O–H groups in total. The Kier molecular flexibility index (Phi) is 7.04. The average Bonchev–Trinajstić information content (AvgIpc) is 2.78. The van der Waals surface area contributed by atoms with Gasteiger partial charge in [-0.15, -0.1) is 0 Å². The summed E-state index contributed by atoms with van der Waals surface area (Å²) in [6.07, 6.45) is 3.49. The Morgan fingerprint density at radius 2 is 1.76 bits per heavy atom. The molecule has 0 spiro atoms. The average molecular weight is 476 g/mol. The number of aromatic carboxylic acids is 1. The van der Waals surface area contributed by atoms with Crippen LogP contribution in [0.1, 0.15) is 29.8 Å². The molecule has 0 unspecified atom stereocenters. The minimum atomic E-state index is -1.23. The third-order valence-electron chi connectivity index (χ3n) is 5.32. The Bertz CT molecular complexity index is 1330. The highest BCUT2D eigenvalue weighted by atomic mass is 35.5. The summed E-state index contributed by atoms with van der Waals surface area (Å²) in [6.45, 7) is 10.8. The molecule has 0 aromatic heterocycles. The molecule has 0 bridgehead atoms. The van der Waals surface area contributed by atoms with E-state index in [0.29, 0.717) is 0 Å². The van der Waals surface area contributed by atoms with Gasteiger partial charge < -0.3 is 10.0 Å². The SMILES string of the molecule is [C-]#[N+]C1=C(C)/C(=C/C(C)=Cc2ccc(N(C)C)cc2)C(=O)N(c2cc(C(=O)O)ccc2Cl)C1=O. The number of carboxylic acids is 1. The van der Waals surface area contributed by atoms with Crippen molar-refractivity contribution in [1.82, 2.24) is 0 Å². The molecule has 0 saturated heterocycles. The van der Waals surface area contributed by atoms with Gasteiger partial charge in [-0.05, 0) is 67.0 Å². The molecule has 8 heteroatoms. The van der Waals surface area contributed by atoms with Crippen molar-refractivity contribution in [2.24, 2.45) is 0 Å². The molecule has 34 heavy (non-hydrogen) atoms. The van der Waals surface area contributed by atoms with Crippen LogP contribution >= 0.6 is 11.6 Å². The minimum Gasteiger partial charge on any atom is -0.478 e. The van der Waals surface area contributed by atoms with Gasteiger partial charge in [-0.1, -0.05) is 29.8 Å². The number of carbonyl (C=O) groups is 3. The van der Waals surface area contributed by atoms with Crippen LogP contribution in [0.4, 0.5) is 11.4 Å². The lowest BCUT2D eigenvalue weighted by Gasteiger charge is -2.28. The van der Waals surface area contributed by atoms with Gasteiger partial charge in [-0.25, -0.2) is 9.64 Å². The summed E-state index contributed by atoms with van der Waals surface area (Å²) in [5, 5.41) is 9.34. The number of halogens is 1. The third kappa shape index (κ3) is 4.77. The number of rotatable bonds is 5. The number of nitrogens with zero attached hydrogens (tertiary/aromatic N) is 3. The first kappa shape index (κ1) is 24.5. The number of carbonyl (C=O) groups excluding carboxylic acids is 2. The first-order valence-electron chi connectivity index (χ1n) is 10.2. The Labute approximate surface area is 202 Å². The molecule has 0 saturated carbocycles. The topological polar surface area (TPSA) is 82.3 Å². The van der Waals surface area contributed by atoms with E-state index in [9.17, 15) is 19.5 Å². The van der Waals surface area contributed by atoms with Crippen molar-refractivity contribution in [3.63, 3.8) is 0 Å². The van der Waals surface area contributed by atoms with Crippen LogP contribution in [0.25, 0.3) is 10.9 Å². The van der Waals surface area contributed by atoms with Crippen molar-refractivity contribution in [3.05, 3.63) is 98.5 Å². The second-order valence-corrected chi connectivity index (χ2v) is 8.34. The molecular weight excluding hydrogens is 454 g/mol. The highest BCUT2D eigenvalue weighted by Gasteiger charge is 2.38. The van der Waals surface area contributed by atoms with Gasteiger partial charge in [0.05, 0.1) is 22.8 Å². The van der Waals surface area contributed by atoms with Gasteiger partial charge in [-0.3, -0.25) is 14.5 Å². The lowest BCUT2D eigenvalue weighted by atomic mass is 9.95. The number of benzene rings is 2. The van der Waals surface area contributed by atoms with Crippen LogP contribution in [0.2, 0.25) is 5.02 Å². The van der Waals surface area contributed by atoms with Gasteiger partial charge in [-0.2, -0.15) is 0 Å². The fraction of sp³-hybridized carbons (Fsp3) is 0.154. The molecule has 1 aliphatic heterocycles. The fourth-order valence-electron chi connectivity index (χ4n) is 3.51. The number of hydrogen-bond donors (Lipinski definition) is 1. The van der Waals surface area contributed by atoms with E-state index >= 15 is 0 Å². The lowest BCUT2D eigenvalue weighted by molar-refractivity contribution is -0.123. The van der Waals surface area contributed by atoms with E-state index in [4.69, 9.17) is 18.2 Å². The number of carboxylic acid groups (broad SMARTS) is 1. The number of amides is 2. The van der Waals surface area contributed by atoms with Crippen molar-refractivity contribution in [2.45, 2.75) is 13.8 Å². The quantitative estimate of drug-likeness (QED) is 0.365. The van der Waals surface area contributed by atoms with Gasteiger partial charge in [0.25, 0.3) is 17.5 Å². The number of hydrogen-bond acceptors (Lipinski definition) is 4. The van der Waals surface area contributed by atoms with Crippen LogP contribution in [0.5, 0.6) is 0 Å². The highest BCUT2D eigenvalue weighted by Crippen LogP contribution is 2.35. The summed E-state index contributed by atoms with van der Waals surface area (Å²) in [7, 11) is 3.90. The number of allylic oxidation sites excluding steroid dienone is 2. The molecule has 2 aromatic carbocycles. The number of anilines is 2. The summed E-state index contributed by atoms with van der Waals surface area (Å²) in [5.74, 6) is -2.77. The Morgan fingerprint density at radius 1 is 1.12 bits per heavy atom. The summed E-state index contributed by atoms with van der Waals surface area (Å²) in [4.78, 5) is 43.9. The summed E-state index contributed by atoms with van der Waals surface area (Å²) in [5.41, 5.74) is 2.64. The predicted molar refractivity (Wildman–Crippen MR) is 133 cm³/mol. The highest BCUT2D eigenvalue weighted by molar-refractivity contribution is 6.38. The normalized spacial score (nSPS) is 15.6. The van der Waals surface area contributed by atoms with E-state index in [0.717, 1.165) is 27.8 Å². The standard InChI is InChI=1S/C26H22ClN3O4/c1-15(12-17-6-9-19(10-7-17)29(4)5)13-20-16(2)23(28-3)25(32)30(24(20)31)22-14-18(26(33)34)8-11-21(22)27/h6-14H,1-2,4-5H3,(H,33,34)/b15-12?,20-13-. The molecule has 7 nitrogen and oxygen atoms in total. The molecule has 1 heterocycles. The summed E-state index contributed by atoms with van der Waals surface area (Å²) >= 11 is 6.22. The molecule has 172 valence electrons. The van der Waals surface area contributed by atoms with Crippen LogP contribution < -0.4 is 9.80 Å². The maximum absolute atomic E-state index is 13.4. The Hall–Kier alpha value is -4.15. The molecule has 2 aromatic rings. The predicted octanol–water partition coefficient (Wildman–Crippen LogP) is 5.20. The van der Waals surface area contributed by atoms with Crippen molar-refractivity contribution >= 4 is 46.8 Å². The van der Waals surface area contributed by atoms with Crippen LogP contribution in [0.3, 0.4) is 0 Å². The second kappa shape index (κ2) is 9.77. The minimum absolute atomic E-state index is 0.0168.